The highest BCUT2D eigenvalue weighted by atomic mass is 16.5. The Bertz CT molecular complexity index is 742. The third kappa shape index (κ3) is 4.78. The van der Waals surface area contributed by atoms with Gasteiger partial charge >= 0.3 is 0 Å². The van der Waals surface area contributed by atoms with Crippen LogP contribution in [0.4, 0.5) is 0 Å². The normalized spacial score (nSPS) is 13.0. The van der Waals surface area contributed by atoms with Crippen LogP contribution in [0, 0.1) is 13.8 Å². The molecule has 0 spiro atoms. The van der Waals surface area contributed by atoms with Crippen LogP contribution in [-0.2, 0) is 4.79 Å². The number of carbonyl (C=O) groups is 1. The molecule has 0 aromatic heterocycles. The molecule has 1 amide bonds. The molecular formula is C22H29NO3. The summed E-state index contributed by atoms with van der Waals surface area (Å²) in [6.07, 6.45) is 0.832. The van der Waals surface area contributed by atoms with Crippen molar-refractivity contribution >= 4 is 5.91 Å². The maximum absolute atomic E-state index is 12.8. The van der Waals surface area contributed by atoms with Crippen molar-refractivity contribution in [2.45, 2.75) is 52.7 Å². The molecule has 26 heavy (non-hydrogen) atoms. The van der Waals surface area contributed by atoms with Gasteiger partial charge in [-0.25, -0.2) is 0 Å². The van der Waals surface area contributed by atoms with Crippen molar-refractivity contribution in [2.24, 2.45) is 0 Å². The van der Waals surface area contributed by atoms with Gasteiger partial charge in [-0.05, 0) is 55.5 Å². The zero-order valence-corrected chi connectivity index (χ0v) is 16.3. The number of nitrogens with one attached hydrogen (secondary N) is 1. The smallest absolute Gasteiger partial charge is 0.261 e. The molecule has 0 fully saturated rings. The number of para-hydroxylation sites is 2. The number of hydrogen-bond donors (Lipinski definition) is 1. The summed E-state index contributed by atoms with van der Waals surface area (Å²) in [6.45, 7) is 8.19. The van der Waals surface area contributed by atoms with E-state index in [0.29, 0.717) is 17.9 Å². The Kier molecular flexibility index (Phi) is 7.07. The summed E-state index contributed by atoms with van der Waals surface area (Å²) >= 11 is 0. The second kappa shape index (κ2) is 9.27. The van der Waals surface area contributed by atoms with Crippen LogP contribution in [0.3, 0.4) is 0 Å². The van der Waals surface area contributed by atoms with Gasteiger partial charge in [-0.3, -0.25) is 4.79 Å². The van der Waals surface area contributed by atoms with Crippen molar-refractivity contribution in [2.75, 3.05) is 7.11 Å². The first-order valence-corrected chi connectivity index (χ1v) is 9.17. The van der Waals surface area contributed by atoms with Gasteiger partial charge in [0.15, 0.2) is 17.6 Å². The maximum Gasteiger partial charge on any atom is 0.261 e. The van der Waals surface area contributed by atoms with E-state index in [1.165, 1.54) is 11.1 Å². The lowest BCUT2D eigenvalue weighted by Crippen LogP contribution is -2.40. The summed E-state index contributed by atoms with van der Waals surface area (Å²) in [5.41, 5.74) is 3.60. The summed E-state index contributed by atoms with van der Waals surface area (Å²) in [5, 5.41) is 3.13. The Morgan fingerprint density at radius 2 is 1.69 bits per heavy atom. The van der Waals surface area contributed by atoms with E-state index in [4.69, 9.17) is 9.47 Å². The van der Waals surface area contributed by atoms with Gasteiger partial charge in [0, 0.05) is 0 Å². The van der Waals surface area contributed by atoms with Gasteiger partial charge in [-0.15, -0.1) is 0 Å². The minimum Gasteiger partial charge on any atom is -0.493 e. The highest BCUT2D eigenvalue weighted by Crippen LogP contribution is 2.28. The molecule has 2 rings (SSSR count). The number of benzene rings is 2. The lowest BCUT2D eigenvalue weighted by Gasteiger charge is -2.23. The summed E-state index contributed by atoms with van der Waals surface area (Å²) in [7, 11) is 1.59. The highest BCUT2D eigenvalue weighted by Gasteiger charge is 2.23. The molecule has 1 N–H and O–H groups in total. The van der Waals surface area contributed by atoms with E-state index in [1.54, 1.807) is 7.11 Å². The summed E-state index contributed by atoms with van der Waals surface area (Å²) in [4.78, 5) is 12.8. The monoisotopic (exact) mass is 355 g/mol. The second-order valence-electron chi connectivity index (χ2n) is 6.48. The van der Waals surface area contributed by atoms with E-state index in [0.717, 1.165) is 12.0 Å². The molecule has 0 bridgehead atoms. The number of amides is 1. The average Bonchev–Trinajstić information content (AvgIpc) is 2.66. The third-order valence-electron chi connectivity index (χ3n) is 4.66. The molecule has 2 aromatic rings. The minimum absolute atomic E-state index is 0.0304. The fourth-order valence-electron chi connectivity index (χ4n) is 2.86. The van der Waals surface area contributed by atoms with Crippen molar-refractivity contribution in [3.05, 3.63) is 59.2 Å². The van der Waals surface area contributed by atoms with Crippen molar-refractivity contribution in [3.8, 4) is 11.5 Å². The van der Waals surface area contributed by atoms with Crippen LogP contribution >= 0.6 is 0 Å². The van der Waals surface area contributed by atoms with Crippen LogP contribution in [-0.4, -0.2) is 19.1 Å². The molecule has 2 atom stereocenters. The molecule has 4 heteroatoms. The first-order chi connectivity index (χ1) is 12.5. The van der Waals surface area contributed by atoms with Gasteiger partial charge in [-0.1, -0.05) is 44.2 Å². The van der Waals surface area contributed by atoms with Crippen LogP contribution in [0.15, 0.2) is 42.5 Å². The molecule has 0 aliphatic heterocycles. The predicted molar refractivity (Wildman–Crippen MR) is 105 cm³/mol. The number of methoxy groups -OCH3 is 1. The van der Waals surface area contributed by atoms with Crippen LogP contribution in [0.25, 0.3) is 0 Å². The Morgan fingerprint density at radius 1 is 1.00 bits per heavy atom. The Morgan fingerprint density at radius 3 is 2.27 bits per heavy atom. The molecular weight excluding hydrogens is 326 g/mol. The first kappa shape index (κ1) is 19.8. The molecule has 0 unspecified atom stereocenters. The Hall–Kier alpha value is -2.49. The van der Waals surface area contributed by atoms with E-state index in [9.17, 15) is 4.79 Å². The lowest BCUT2D eigenvalue weighted by molar-refractivity contribution is -0.129. The lowest BCUT2D eigenvalue weighted by atomic mass is 9.99. The van der Waals surface area contributed by atoms with Gasteiger partial charge in [0.25, 0.3) is 5.91 Å². The SMILES string of the molecule is CC[C@@H](Oc1ccccc1OC)C(=O)N[C@H](CC)c1ccc(C)c(C)c1. The topological polar surface area (TPSA) is 47.6 Å². The highest BCUT2D eigenvalue weighted by molar-refractivity contribution is 5.81. The molecule has 0 aliphatic rings. The number of ether oxygens (including phenoxy) is 2. The van der Waals surface area contributed by atoms with Crippen molar-refractivity contribution in [1.29, 1.82) is 0 Å². The third-order valence-corrected chi connectivity index (χ3v) is 4.66. The van der Waals surface area contributed by atoms with Crippen LogP contribution < -0.4 is 14.8 Å². The fraction of sp³-hybridized carbons (Fsp3) is 0.409. The summed E-state index contributed by atoms with van der Waals surface area (Å²) in [6, 6.07) is 13.7. The molecule has 0 saturated heterocycles. The van der Waals surface area contributed by atoms with Gasteiger partial charge in [0.05, 0.1) is 13.2 Å². The number of rotatable bonds is 8. The molecule has 2 aromatic carbocycles. The van der Waals surface area contributed by atoms with Crippen molar-refractivity contribution < 1.29 is 14.3 Å². The summed E-state index contributed by atoms with van der Waals surface area (Å²) < 4.78 is 11.2. The molecule has 4 nitrogen and oxygen atoms in total. The minimum atomic E-state index is -0.563. The van der Waals surface area contributed by atoms with E-state index < -0.39 is 6.10 Å². The molecule has 0 aliphatic carbocycles. The molecule has 140 valence electrons. The van der Waals surface area contributed by atoms with Crippen LogP contribution in [0.1, 0.15) is 49.4 Å². The first-order valence-electron chi connectivity index (χ1n) is 9.17. The van der Waals surface area contributed by atoms with E-state index in [1.807, 2.05) is 31.2 Å². The van der Waals surface area contributed by atoms with Crippen molar-refractivity contribution in [3.63, 3.8) is 0 Å². The molecule has 0 radical (unpaired) electrons. The van der Waals surface area contributed by atoms with E-state index in [2.05, 4.69) is 44.3 Å². The predicted octanol–water partition coefficient (Wildman–Crippen LogP) is 4.74. The van der Waals surface area contributed by atoms with Gasteiger partial charge in [0.1, 0.15) is 0 Å². The Balaban J connectivity index is 2.12. The Labute approximate surface area is 156 Å². The second-order valence-corrected chi connectivity index (χ2v) is 6.48. The quantitative estimate of drug-likeness (QED) is 0.744. The number of aryl methyl sites for hydroxylation is 2. The zero-order valence-electron chi connectivity index (χ0n) is 16.3. The van der Waals surface area contributed by atoms with Gasteiger partial charge < -0.3 is 14.8 Å². The van der Waals surface area contributed by atoms with Crippen molar-refractivity contribution in [1.82, 2.24) is 5.32 Å². The molecule has 0 saturated carbocycles. The van der Waals surface area contributed by atoms with Crippen LogP contribution in [0.5, 0.6) is 11.5 Å². The number of hydrogen-bond acceptors (Lipinski definition) is 3. The van der Waals surface area contributed by atoms with Gasteiger partial charge in [0.2, 0.25) is 0 Å². The van der Waals surface area contributed by atoms with Gasteiger partial charge in [-0.2, -0.15) is 0 Å². The average molecular weight is 355 g/mol. The number of carbonyl (C=O) groups excluding carboxylic acids is 1. The van der Waals surface area contributed by atoms with E-state index in [-0.39, 0.29) is 11.9 Å². The van der Waals surface area contributed by atoms with E-state index >= 15 is 0 Å². The fourth-order valence-corrected chi connectivity index (χ4v) is 2.86. The summed E-state index contributed by atoms with van der Waals surface area (Å²) in [5.74, 6) is 1.10. The zero-order chi connectivity index (χ0) is 19.1. The largest absolute Gasteiger partial charge is 0.493 e. The maximum atomic E-state index is 12.8. The molecule has 0 heterocycles. The standard InChI is InChI=1S/C22H29NO3/c1-6-18(17-13-12-15(3)16(4)14-17)23-22(24)19(7-2)26-21-11-9-8-10-20(21)25-5/h8-14,18-19H,6-7H2,1-5H3,(H,23,24)/t18-,19-/m1/s1. The van der Waals surface area contributed by atoms with Crippen LogP contribution in [0.2, 0.25) is 0 Å².